The van der Waals surface area contributed by atoms with Gasteiger partial charge in [-0.2, -0.15) is 0 Å². The molecule has 1 heterocycles. The number of aryl methyl sites for hydroxylation is 1. The molecule has 0 saturated heterocycles. The first kappa shape index (κ1) is 17.1. The van der Waals surface area contributed by atoms with E-state index in [4.69, 9.17) is 0 Å². The van der Waals surface area contributed by atoms with Crippen LogP contribution in [0.1, 0.15) is 17.4 Å². The molecule has 1 aromatic heterocycles. The molecule has 5 nitrogen and oxygen atoms in total. The second-order valence-corrected chi connectivity index (χ2v) is 4.48. The number of nitrogens with zero attached hydrogens (tertiary/aromatic N) is 2. The number of aromatic nitrogens is 2. The summed E-state index contributed by atoms with van der Waals surface area (Å²) >= 11 is 0. The monoisotopic (exact) mass is 312 g/mol. The Labute approximate surface area is 129 Å². The molecule has 2 rings (SSSR count). The third-order valence-corrected chi connectivity index (χ3v) is 2.94. The van der Waals surface area contributed by atoms with Crippen LogP contribution >= 0.6 is 12.4 Å². The Balaban J connectivity index is 0.00000220. The van der Waals surface area contributed by atoms with E-state index in [1.54, 1.807) is 36.1 Å². The van der Waals surface area contributed by atoms with Crippen LogP contribution in [0.25, 0.3) is 0 Å². The Hall–Kier alpha value is -1.92. The van der Waals surface area contributed by atoms with Gasteiger partial charge in [-0.3, -0.25) is 4.79 Å². The summed E-state index contributed by atoms with van der Waals surface area (Å²) < 4.78 is 15.2. The Bertz CT molecular complexity index is 602. The number of likely N-dealkylation sites (N-methyl/N-ethyl adjacent to an activating group) is 1. The minimum Gasteiger partial charge on any atom is -0.341 e. The molecule has 21 heavy (non-hydrogen) atoms. The van der Waals surface area contributed by atoms with E-state index in [9.17, 15) is 9.18 Å². The van der Waals surface area contributed by atoms with Crippen molar-refractivity contribution < 1.29 is 9.18 Å². The summed E-state index contributed by atoms with van der Waals surface area (Å²) in [4.78, 5) is 16.1. The van der Waals surface area contributed by atoms with Crippen LogP contribution in [0, 0.1) is 5.82 Å². The van der Waals surface area contributed by atoms with Crippen LogP contribution in [0.3, 0.4) is 0 Å². The Morgan fingerprint density at radius 1 is 1.48 bits per heavy atom. The molecule has 0 fully saturated rings. The van der Waals surface area contributed by atoms with E-state index >= 15 is 0 Å². The van der Waals surface area contributed by atoms with Crippen molar-refractivity contribution in [1.82, 2.24) is 20.2 Å². The average Bonchev–Trinajstić information content (AvgIpc) is 2.82. The number of hydrogen-bond acceptors (Lipinski definition) is 3. The summed E-state index contributed by atoms with van der Waals surface area (Å²) in [5, 5.41) is 5.64. The lowest BCUT2D eigenvalue weighted by Crippen LogP contribution is -2.36. The van der Waals surface area contributed by atoms with Gasteiger partial charge in [0.25, 0.3) is 0 Å². The molecule has 1 aromatic carbocycles. The van der Waals surface area contributed by atoms with Crippen molar-refractivity contribution in [2.75, 3.05) is 13.6 Å². The van der Waals surface area contributed by atoms with Crippen LogP contribution in [0.4, 0.5) is 4.39 Å². The maximum Gasteiger partial charge on any atom is 0.234 e. The number of rotatable bonds is 5. The average molecular weight is 313 g/mol. The molecule has 1 unspecified atom stereocenters. The predicted molar refractivity (Wildman–Crippen MR) is 80.8 cm³/mol. The van der Waals surface area contributed by atoms with Gasteiger partial charge in [-0.25, -0.2) is 9.37 Å². The van der Waals surface area contributed by atoms with Gasteiger partial charge in [-0.15, -0.1) is 12.4 Å². The second-order valence-electron chi connectivity index (χ2n) is 4.48. The third kappa shape index (κ3) is 4.27. The van der Waals surface area contributed by atoms with Gasteiger partial charge < -0.3 is 15.2 Å². The summed E-state index contributed by atoms with van der Waals surface area (Å²) in [6.45, 7) is 0.191. The zero-order chi connectivity index (χ0) is 14.5. The molecular weight excluding hydrogens is 295 g/mol. The van der Waals surface area contributed by atoms with Crippen molar-refractivity contribution in [2.24, 2.45) is 7.05 Å². The number of halogens is 2. The molecule has 114 valence electrons. The lowest BCUT2D eigenvalue weighted by molar-refractivity contribution is -0.120. The zero-order valence-electron chi connectivity index (χ0n) is 11.8. The highest BCUT2D eigenvalue weighted by Gasteiger charge is 2.20. The fourth-order valence-electron chi connectivity index (χ4n) is 2.01. The lowest BCUT2D eigenvalue weighted by Gasteiger charge is -2.19. The van der Waals surface area contributed by atoms with Gasteiger partial charge >= 0.3 is 0 Å². The number of amides is 1. The molecule has 0 radical (unpaired) electrons. The van der Waals surface area contributed by atoms with Gasteiger partial charge in [0.05, 0.1) is 6.54 Å². The number of carbonyl (C=O) groups excluding carboxylic acids is 1. The smallest absolute Gasteiger partial charge is 0.234 e. The normalized spacial score (nSPS) is 11.6. The van der Waals surface area contributed by atoms with Crippen molar-refractivity contribution in [3.63, 3.8) is 0 Å². The fourth-order valence-corrected chi connectivity index (χ4v) is 2.01. The van der Waals surface area contributed by atoms with E-state index in [0.29, 0.717) is 11.4 Å². The van der Waals surface area contributed by atoms with Crippen LogP contribution in [0.5, 0.6) is 0 Å². The fraction of sp³-hybridized carbons (Fsp3) is 0.286. The van der Waals surface area contributed by atoms with Gasteiger partial charge in [0.1, 0.15) is 17.7 Å². The summed E-state index contributed by atoms with van der Waals surface area (Å²) in [7, 11) is 3.52. The van der Waals surface area contributed by atoms with Crippen molar-refractivity contribution in [3.05, 3.63) is 53.9 Å². The van der Waals surface area contributed by atoms with Crippen LogP contribution in [-0.4, -0.2) is 29.1 Å². The summed E-state index contributed by atoms with van der Waals surface area (Å²) in [6, 6.07) is 5.67. The Morgan fingerprint density at radius 2 is 2.24 bits per heavy atom. The number of hydrogen-bond donors (Lipinski definition) is 2. The molecule has 7 heteroatoms. The SMILES string of the molecule is CNCC(=O)NC(c1cccc(F)c1)c1nccn1C.Cl. The Kier molecular flexibility index (Phi) is 6.33. The highest BCUT2D eigenvalue weighted by molar-refractivity contribution is 5.85. The van der Waals surface area contributed by atoms with Gasteiger partial charge in [0.2, 0.25) is 5.91 Å². The molecule has 1 atom stereocenters. The number of benzene rings is 1. The third-order valence-electron chi connectivity index (χ3n) is 2.94. The van der Waals surface area contributed by atoms with Crippen molar-refractivity contribution in [1.29, 1.82) is 0 Å². The minimum absolute atomic E-state index is 0. The Morgan fingerprint density at radius 3 is 2.81 bits per heavy atom. The first-order valence-electron chi connectivity index (χ1n) is 6.28. The molecule has 0 aliphatic heterocycles. The van der Waals surface area contributed by atoms with Gasteiger partial charge in [0.15, 0.2) is 0 Å². The number of imidazole rings is 1. The molecule has 0 spiro atoms. The molecule has 0 saturated carbocycles. The largest absolute Gasteiger partial charge is 0.341 e. The first-order valence-corrected chi connectivity index (χ1v) is 6.28. The molecule has 0 aliphatic carbocycles. The van der Waals surface area contributed by atoms with E-state index in [0.717, 1.165) is 0 Å². The molecule has 1 amide bonds. The second kappa shape index (κ2) is 7.75. The maximum absolute atomic E-state index is 13.4. The molecule has 2 N–H and O–H groups in total. The highest BCUT2D eigenvalue weighted by atomic mass is 35.5. The molecule has 0 aliphatic rings. The summed E-state index contributed by atoms with van der Waals surface area (Å²) in [5.74, 6) is 0.134. The van der Waals surface area contributed by atoms with Gasteiger partial charge in [0, 0.05) is 19.4 Å². The number of nitrogens with one attached hydrogen (secondary N) is 2. The first-order chi connectivity index (χ1) is 9.61. The van der Waals surface area contributed by atoms with Gasteiger partial charge in [-0.05, 0) is 24.7 Å². The molecule has 2 aromatic rings. The minimum atomic E-state index is -0.480. The van der Waals surface area contributed by atoms with Crippen molar-refractivity contribution in [2.45, 2.75) is 6.04 Å². The van der Waals surface area contributed by atoms with Crippen molar-refractivity contribution >= 4 is 18.3 Å². The summed E-state index contributed by atoms with van der Waals surface area (Å²) in [5.41, 5.74) is 0.656. The lowest BCUT2D eigenvalue weighted by atomic mass is 10.1. The van der Waals surface area contributed by atoms with Crippen LogP contribution < -0.4 is 10.6 Å². The van der Waals surface area contributed by atoms with E-state index in [1.807, 2.05) is 7.05 Å². The zero-order valence-corrected chi connectivity index (χ0v) is 12.7. The summed E-state index contributed by atoms with van der Waals surface area (Å²) in [6.07, 6.45) is 3.43. The molecular formula is C14H18ClFN4O. The van der Waals surface area contributed by atoms with E-state index in [2.05, 4.69) is 15.6 Å². The number of carbonyl (C=O) groups is 1. The highest BCUT2D eigenvalue weighted by Crippen LogP contribution is 2.20. The molecule has 0 bridgehead atoms. The predicted octanol–water partition coefficient (Wildman–Crippen LogP) is 1.41. The van der Waals surface area contributed by atoms with E-state index in [1.165, 1.54) is 12.1 Å². The van der Waals surface area contributed by atoms with Crippen LogP contribution in [0.2, 0.25) is 0 Å². The van der Waals surface area contributed by atoms with E-state index < -0.39 is 6.04 Å². The quantitative estimate of drug-likeness (QED) is 0.877. The van der Waals surface area contributed by atoms with Crippen molar-refractivity contribution in [3.8, 4) is 0 Å². The van der Waals surface area contributed by atoms with E-state index in [-0.39, 0.29) is 30.7 Å². The van der Waals surface area contributed by atoms with Gasteiger partial charge in [-0.1, -0.05) is 12.1 Å². The standard InChI is InChI=1S/C14H17FN4O.ClH/c1-16-9-12(20)18-13(14-17-6-7-19(14)2)10-4-3-5-11(15)8-10;/h3-8,13,16H,9H2,1-2H3,(H,18,20);1H. The van der Waals surface area contributed by atoms with Crippen LogP contribution in [-0.2, 0) is 11.8 Å². The topological polar surface area (TPSA) is 59.0 Å². The van der Waals surface area contributed by atoms with Crippen LogP contribution in [0.15, 0.2) is 36.7 Å². The maximum atomic E-state index is 13.4.